The molecule has 0 amide bonds. The van der Waals surface area contributed by atoms with Gasteiger partial charge in [-0.15, -0.1) is 0 Å². The van der Waals surface area contributed by atoms with Gasteiger partial charge in [0.1, 0.15) is 6.10 Å². The maximum Gasteiger partial charge on any atom is 0.213 e. The Hall–Kier alpha value is -1.56. The van der Waals surface area contributed by atoms with Crippen LogP contribution in [-0.4, -0.2) is 84.0 Å². The smallest absolute Gasteiger partial charge is 0.213 e. The third kappa shape index (κ3) is 2.26. The number of rotatable bonds is 5. The van der Waals surface area contributed by atoms with Gasteiger partial charge in [0.2, 0.25) is 11.2 Å². The quantitative estimate of drug-likeness (QED) is 0.336. The highest BCUT2D eigenvalue weighted by atomic mass is 16.6. The van der Waals surface area contributed by atoms with Gasteiger partial charge in [0.05, 0.1) is 0 Å². The molecule has 0 spiro atoms. The molecule has 1 unspecified atom stereocenters. The Balaban J connectivity index is 3.86. The van der Waals surface area contributed by atoms with E-state index >= 15 is 0 Å². The van der Waals surface area contributed by atoms with Crippen LogP contribution in [0.2, 0.25) is 0 Å². The van der Waals surface area contributed by atoms with Gasteiger partial charge in [0.25, 0.3) is 0 Å². The van der Waals surface area contributed by atoms with Gasteiger partial charge >= 0.3 is 0 Å². The summed E-state index contributed by atoms with van der Waals surface area (Å²) in [4.78, 5) is 47.9. The number of carbonyl (C=O) groups is 4. The highest BCUT2D eigenvalue weighted by Crippen LogP contribution is 2.46. The Labute approximate surface area is 136 Å². The van der Waals surface area contributed by atoms with E-state index in [4.69, 9.17) is 4.74 Å². The Morgan fingerprint density at radius 1 is 0.917 bits per heavy atom. The number of Topliss-reactive ketones (excluding diaryl/α,β-unsaturated/α-hetero) is 4. The number of hydrogen-bond acceptors (Lipinski definition) is 10. The Morgan fingerprint density at radius 2 is 1.33 bits per heavy atom. The molecule has 10 heteroatoms. The molecule has 0 bridgehead atoms. The predicted octanol–water partition coefficient (Wildman–Crippen LogP) is -3.39. The molecule has 0 aromatic carbocycles. The van der Waals surface area contributed by atoms with Gasteiger partial charge in [0.15, 0.2) is 41.1 Å². The second kappa shape index (κ2) is 6.06. The van der Waals surface area contributed by atoms with Crippen LogP contribution in [0, 0.1) is 0 Å². The topological polar surface area (TPSA) is 179 Å². The molecule has 5 N–H and O–H groups in total. The zero-order chi connectivity index (χ0) is 19.2. The van der Waals surface area contributed by atoms with Gasteiger partial charge in [-0.1, -0.05) is 0 Å². The first-order valence-electron chi connectivity index (χ1n) is 6.96. The fourth-order valence-corrected chi connectivity index (χ4v) is 2.88. The second-order valence-electron chi connectivity index (χ2n) is 5.86. The number of ether oxygens (including phenoxy) is 1. The standard InChI is InChI=1S/C14H20O10/c1-5(15)9(19)10-12(21,6(2)16)14(23,8(4)18)13(22,7(3)17)11(20)24-10/h5,10-11,15,20-23H,1-4H3/t5?,10-,11-,12-,13+,14+/m1/s1. The van der Waals surface area contributed by atoms with Gasteiger partial charge in [-0.2, -0.15) is 0 Å². The SMILES string of the molecule is CC(=O)[C@]1(O)[C@@](O)(C(C)=O)[C@@H](C(=O)C(C)O)O[C@@H](O)[C@@]1(O)C(C)=O. The fraction of sp³-hybridized carbons (Fsp3) is 0.714. The van der Waals surface area contributed by atoms with Gasteiger partial charge in [0, 0.05) is 0 Å². The van der Waals surface area contributed by atoms with E-state index in [1.54, 1.807) is 0 Å². The summed E-state index contributed by atoms with van der Waals surface area (Å²) in [5.74, 6) is -5.61. The number of hydrogen-bond donors (Lipinski definition) is 5. The molecule has 10 nitrogen and oxygen atoms in total. The van der Waals surface area contributed by atoms with Crippen molar-refractivity contribution in [1.82, 2.24) is 0 Å². The summed E-state index contributed by atoms with van der Waals surface area (Å²) < 4.78 is 4.70. The average molecular weight is 348 g/mol. The third-order valence-electron chi connectivity index (χ3n) is 4.36. The van der Waals surface area contributed by atoms with E-state index in [9.17, 15) is 44.7 Å². The maximum atomic E-state index is 12.1. The van der Waals surface area contributed by atoms with Gasteiger partial charge in [-0.25, -0.2) is 0 Å². The number of ketones is 4. The van der Waals surface area contributed by atoms with Crippen LogP contribution < -0.4 is 0 Å². The molecule has 1 fully saturated rings. The molecule has 1 aliphatic rings. The molecule has 6 atom stereocenters. The minimum Gasteiger partial charge on any atom is -0.386 e. The summed E-state index contributed by atoms with van der Waals surface area (Å²) in [5.41, 5.74) is -10.4. The number of carbonyl (C=O) groups excluding carboxylic acids is 4. The zero-order valence-electron chi connectivity index (χ0n) is 13.5. The molecule has 24 heavy (non-hydrogen) atoms. The summed E-state index contributed by atoms with van der Waals surface area (Å²) in [6.45, 7) is 2.96. The molecule has 1 heterocycles. The van der Waals surface area contributed by atoms with Crippen LogP contribution in [0.15, 0.2) is 0 Å². The predicted molar refractivity (Wildman–Crippen MR) is 74.5 cm³/mol. The first-order chi connectivity index (χ1) is 10.7. The number of aliphatic hydroxyl groups excluding tert-OH is 2. The second-order valence-corrected chi connectivity index (χ2v) is 5.86. The molecule has 0 radical (unpaired) electrons. The lowest BCUT2D eigenvalue weighted by atomic mass is 9.60. The van der Waals surface area contributed by atoms with E-state index < -0.39 is 58.4 Å². The lowest BCUT2D eigenvalue weighted by Crippen LogP contribution is -2.86. The molecule has 0 aromatic rings. The summed E-state index contributed by atoms with van der Waals surface area (Å²) in [7, 11) is 0. The van der Waals surface area contributed by atoms with Gasteiger partial charge in [-0.3, -0.25) is 19.2 Å². The molecule has 1 rings (SSSR count). The van der Waals surface area contributed by atoms with Crippen LogP contribution in [0.5, 0.6) is 0 Å². The fourth-order valence-electron chi connectivity index (χ4n) is 2.88. The molecule has 1 aliphatic heterocycles. The lowest BCUT2D eigenvalue weighted by molar-refractivity contribution is -0.350. The van der Waals surface area contributed by atoms with Crippen LogP contribution in [0.25, 0.3) is 0 Å². The first kappa shape index (κ1) is 20.5. The van der Waals surface area contributed by atoms with Crippen LogP contribution in [0.1, 0.15) is 27.7 Å². The van der Waals surface area contributed by atoms with Crippen molar-refractivity contribution in [2.75, 3.05) is 0 Å². The highest BCUT2D eigenvalue weighted by Gasteiger charge is 2.79. The van der Waals surface area contributed by atoms with E-state index in [1.807, 2.05) is 0 Å². The lowest BCUT2D eigenvalue weighted by Gasteiger charge is -2.56. The van der Waals surface area contributed by atoms with Crippen molar-refractivity contribution in [3.8, 4) is 0 Å². The highest BCUT2D eigenvalue weighted by molar-refractivity contribution is 6.08. The van der Waals surface area contributed by atoms with Crippen LogP contribution in [0.3, 0.4) is 0 Å². The van der Waals surface area contributed by atoms with E-state index in [0.29, 0.717) is 20.8 Å². The van der Waals surface area contributed by atoms with Crippen LogP contribution in [-0.2, 0) is 23.9 Å². The molecular weight excluding hydrogens is 328 g/mol. The average Bonchev–Trinajstić information content (AvgIpc) is 2.46. The summed E-state index contributed by atoms with van der Waals surface area (Å²) >= 11 is 0. The van der Waals surface area contributed by atoms with Crippen molar-refractivity contribution < 1.29 is 49.4 Å². The van der Waals surface area contributed by atoms with E-state index in [-0.39, 0.29) is 0 Å². The summed E-state index contributed by atoms with van der Waals surface area (Å²) in [6.07, 6.45) is -6.84. The molecule has 136 valence electrons. The zero-order valence-corrected chi connectivity index (χ0v) is 13.5. The first-order valence-corrected chi connectivity index (χ1v) is 6.96. The minimum absolute atomic E-state index is 0.643. The molecule has 0 aliphatic carbocycles. The molecule has 0 aromatic heterocycles. The molecular formula is C14H20O10. The monoisotopic (exact) mass is 348 g/mol. The summed E-state index contributed by atoms with van der Waals surface area (Å²) in [5, 5.41) is 51.2. The number of aliphatic hydroxyl groups is 5. The summed E-state index contributed by atoms with van der Waals surface area (Å²) in [6, 6.07) is 0. The van der Waals surface area contributed by atoms with Crippen molar-refractivity contribution in [2.24, 2.45) is 0 Å². The third-order valence-corrected chi connectivity index (χ3v) is 4.36. The van der Waals surface area contributed by atoms with Crippen molar-refractivity contribution in [3.05, 3.63) is 0 Å². The van der Waals surface area contributed by atoms with E-state index in [0.717, 1.165) is 6.92 Å². The van der Waals surface area contributed by atoms with Crippen molar-refractivity contribution in [1.29, 1.82) is 0 Å². The van der Waals surface area contributed by atoms with Crippen LogP contribution in [0.4, 0.5) is 0 Å². The van der Waals surface area contributed by atoms with Gasteiger partial charge < -0.3 is 30.3 Å². The maximum absolute atomic E-state index is 12.1. The molecule has 1 saturated heterocycles. The van der Waals surface area contributed by atoms with Crippen molar-refractivity contribution in [2.45, 2.75) is 63.0 Å². The Kier molecular flexibility index (Phi) is 5.17. The van der Waals surface area contributed by atoms with Crippen molar-refractivity contribution in [3.63, 3.8) is 0 Å². The van der Waals surface area contributed by atoms with Crippen molar-refractivity contribution >= 4 is 23.1 Å². The Morgan fingerprint density at radius 3 is 1.62 bits per heavy atom. The van der Waals surface area contributed by atoms with Crippen LogP contribution >= 0.6 is 0 Å². The van der Waals surface area contributed by atoms with E-state index in [1.165, 1.54) is 0 Å². The van der Waals surface area contributed by atoms with Gasteiger partial charge in [-0.05, 0) is 27.7 Å². The van der Waals surface area contributed by atoms with E-state index in [2.05, 4.69) is 0 Å². The largest absolute Gasteiger partial charge is 0.386 e. The molecule has 0 saturated carbocycles. The normalized spacial score (nSPS) is 40.7. The minimum atomic E-state index is -3.59. The Bertz CT molecular complexity index is 598.